The van der Waals surface area contributed by atoms with Crippen LogP contribution < -0.4 is 9.46 Å². The number of hydrogen-bond donors (Lipinski definition) is 1. The molecule has 0 aliphatic rings. The SMILES string of the molecule is COc1ccccc1S(=O)(=O)NC[C@H](C)c1nc2ccccc2o1. The van der Waals surface area contributed by atoms with E-state index in [0.29, 0.717) is 17.2 Å². The molecule has 0 unspecified atom stereocenters. The number of aromatic nitrogens is 1. The summed E-state index contributed by atoms with van der Waals surface area (Å²) in [6.45, 7) is 2.03. The average Bonchev–Trinajstić information content (AvgIpc) is 3.04. The molecule has 1 atom stereocenters. The molecule has 1 aromatic heterocycles. The number of sulfonamides is 1. The fourth-order valence-corrected chi connectivity index (χ4v) is 3.64. The van der Waals surface area contributed by atoms with Crippen LogP contribution in [0.2, 0.25) is 0 Å². The number of para-hydroxylation sites is 3. The highest BCUT2D eigenvalue weighted by Crippen LogP contribution is 2.24. The van der Waals surface area contributed by atoms with E-state index in [2.05, 4.69) is 9.71 Å². The number of nitrogens with one attached hydrogen (secondary N) is 1. The minimum Gasteiger partial charge on any atom is -0.495 e. The fourth-order valence-electron chi connectivity index (χ4n) is 2.34. The Hall–Kier alpha value is -2.38. The molecular formula is C17H18N2O4S. The lowest BCUT2D eigenvalue weighted by Gasteiger charge is -2.12. The lowest BCUT2D eigenvalue weighted by Crippen LogP contribution is -2.28. The number of hydrogen-bond acceptors (Lipinski definition) is 5. The molecule has 2 aromatic carbocycles. The van der Waals surface area contributed by atoms with Crippen molar-refractivity contribution in [1.82, 2.24) is 9.71 Å². The minimum absolute atomic E-state index is 0.109. The summed E-state index contributed by atoms with van der Waals surface area (Å²) in [6.07, 6.45) is 0. The first-order chi connectivity index (χ1) is 11.5. The van der Waals surface area contributed by atoms with Gasteiger partial charge in [-0.15, -0.1) is 0 Å². The molecule has 1 heterocycles. The van der Waals surface area contributed by atoms with Gasteiger partial charge in [0.25, 0.3) is 0 Å². The van der Waals surface area contributed by atoms with Gasteiger partial charge in [0.2, 0.25) is 10.0 Å². The topological polar surface area (TPSA) is 81.4 Å². The minimum atomic E-state index is -3.68. The highest BCUT2D eigenvalue weighted by atomic mass is 32.2. The molecule has 0 aliphatic heterocycles. The molecule has 0 fully saturated rings. The maximum atomic E-state index is 12.5. The third kappa shape index (κ3) is 3.27. The first-order valence-corrected chi connectivity index (χ1v) is 8.98. The van der Waals surface area contributed by atoms with Gasteiger partial charge in [0.05, 0.1) is 7.11 Å². The average molecular weight is 346 g/mol. The van der Waals surface area contributed by atoms with Gasteiger partial charge in [0.1, 0.15) is 16.2 Å². The maximum absolute atomic E-state index is 12.5. The van der Waals surface area contributed by atoms with Gasteiger partial charge in [-0.1, -0.05) is 31.2 Å². The molecule has 7 heteroatoms. The number of nitrogens with zero attached hydrogens (tertiary/aromatic N) is 1. The highest BCUT2D eigenvalue weighted by molar-refractivity contribution is 7.89. The number of oxazole rings is 1. The molecular weight excluding hydrogens is 328 g/mol. The number of benzene rings is 2. The van der Waals surface area contributed by atoms with E-state index in [1.54, 1.807) is 18.2 Å². The number of rotatable bonds is 6. The third-order valence-corrected chi connectivity index (χ3v) is 5.13. The third-order valence-electron chi connectivity index (χ3n) is 3.67. The summed E-state index contributed by atoms with van der Waals surface area (Å²) < 4.78 is 38.3. The van der Waals surface area contributed by atoms with E-state index in [1.165, 1.54) is 13.2 Å². The van der Waals surface area contributed by atoms with Crippen LogP contribution in [0.3, 0.4) is 0 Å². The van der Waals surface area contributed by atoms with Crippen molar-refractivity contribution in [3.63, 3.8) is 0 Å². The van der Waals surface area contributed by atoms with Crippen molar-refractivity contribution in [3.8, 4) is 5.75 Å². The summed E-state index contributed by atoms with van der Waals surface area (Å²) in [7, 11) is -2.24. The van der Waals surface area contributed by atoms with Crippen LogP contribution >= 0.6 is 0 Å². The monoisotopic (exact) mass is 346 g/mol. The van der Waals surface area contributed by atoms with Gasteiger partial charge in [-0.2, -0.15) is 0 Å². The van der Waals surface area contributed by atoms with Crippen molar-refractivity contribution < 1.29 is 17.6 Å². The van der Waals surface area contributed by atoms with Gasteiger partial charge in [0, 0.05) is 12.5 Å². The van der Waals surface area contributed by atoms with Crippen molar-refractivity contribution in [2.45, 2.75) is 17.7 Å². The predicted octanol–water partition coefficient (Wildman–Crippen LogP) is 2.92. The van der Waals surface area contributed by atoms with Crippen molar-refractivity contribution in [3.05, 3.63) is 54.4 Å². The summed E-state index contributed by atoms with van der Waals surface area (Å²) in [4.78, 5) is 4.50. The van der Waals surface area contributed by atoms with Gasteiger partial charge >= 0.3 is 0 Å². The Morgan fingerprint density at radius 2 is 1.88 bits per heavy atom. The zero-order chi connectivity index (χ0) is 17.2. The van der Waals surface area contributed by atoms with Gasteiger partial charge in [-0.05, 0) is 24.3 Å². The Kier molecular flexibility index (Phi) is 4.55. The van der Waals surface area contributed by atoms with E-state index in [-0.39, 0.29) is 17.4 Å². The van der Waals surface area contributed by atoms with E-state index in [9.17, 15) is 8.42 Å². The quantitative estimate of drug-likeness (QED) is 0.742. The summed E-state index contributed by atoms with van der Waals surface area (Å²) >= 11 is 0. The lowest BCUT2D eigenvalue weighted by atomic mass is 10.2. The van der Waals surface area contributed by atoms with Gasteiger partial charge in [-0.3, -0.25) is 0 Å². The highest BCUT2D eigenvalue weighted by Gasteiger charge is 2.21. The van der Waals surface area contributed by atoms with Crippen LogP contribution in [-0.4, -0.2) is 27.1 Å². The lowest BCUT2D eigenvalue weighted by molar-refractivity contribution is 0.402. The van der Waals surface area contributed by atoms with E-state index in [0.717, 1.165) is 5.52 Å². The van der Waals surface area contributed by atoms with Crippen LogP contribution in [0.1, 0.15) is 18.7 Å². The van der Waals surface area contributed by atoms with Crippen LogP contribution in [0, 0.1) is 0 Å². The first kappa shape index (κ1) is 16.5. The largest absolute Gasteiger partial charge is 0.495 e. The second-order valence-corrected chi connectivity index (χ2v) is 7.16. The molecule has 0 amide bonds. The van der Waals surface area contributed by atoms with Gasteiger partial charge < -0.3 is 9.15 Å². The maximum Gasteiger partial charge on any atom is 0.244 e. The molecule has 126 valence electrons. The normalized spacial score (nSPS) is 13.1. The van der Waals surface area contributed by atoms with Crippen molar-refractivity contribution in [1.29, 1.82) is 0 Å². The zero-order valence-electron chi connectivity index (χ0n) is 13.4. The fraction of sp³-hybridized carbons (Fsp3) is 0.235. The van der Waals surface area contributed by atoms with Crippen molar-refractivity contribution in [2.24, 2.45) is 0 Å². The van der Waals surface area contributed by atoms with Crippen LogP contribution in [0.15, 0.2) is 57.8 Å². The Labute approximate surface area is 140 Å². The van der Waals surface area contributed by atoms with Crippen molar-refractivity contribution in [2.75, 3.05) is 13.7 Å². The molecule has 6 nitrogen and oxygen atoms in total. The molecule has 0 aliphatic carbocycles. The Morgan fingerprint density at radius 3 is 2.62 bits per heavy atom. The number of fused-ring (bicyclic) bond motifs is 1. The molecule has 0 saturated heterocycles. The molecule has 24 heavy (non-hydrogen) atoms. The molecule has 3 rings (SSSR count). The second kappa shape index (κ2) is 6.62. The first-order valence-electron chi connectivity index (χ1n) is 7.49. The van der Waals surface area contributed by atoms with Gasteiger partial charge in [0.15, 0.2) is 11.5 Å². The molecule has 3 aromatic rings. The number of ether oxygens (including phenoxy) is 1. The Balaban J connectivity index is 1.76. The van der Waals surface area contributed by atoms with E-state index in [4.69, 9.17) is 9.15 Å². The van der Waals surface area contributed by atoms with E-state index < -0.39 is 10.0 Å². The molecule has 0 spiro atoms. The molecule has 0 bridgehead atoms. The Morgan fingerprint density at radius 1 is 1.17 bits per heavy atom. The van der Waals surface area contributed by atoms with Crippen LogP contribution in [-0.2, 0) is 10.0 Å². The number of methoxy groups -OCH3 is 1. The summed E-state index contributed by atoms with van der Waals surface area (Å²) in [5, 5.41) is 0. The van der Waals surface area contributed by atoms with Crippen LogP contribution in [0.4, 0.5) is 0 Å². The Bertz CT molecular complexity index is 917. The summed E-state index contributed by atoms with van der Waals surface area (Å²) in [6, 6.07) is 13.9. The van der Waals surface area contributed by atoms with E-state index in [1.807, 2.05) is 31.2 Å². The molecule has 0 saturated carbocycles. The van der Waals surface area contributed by atoms with E-state index >= 15 is 0 Å². The van der Waals surface area contributed by atoms with Crippen LogP contribution in [0.25, 0.3) is 11.1 Å². The predicted molar refractivity (Wildman–Crippen MR) is 90.6 cm³/mol. The van der Waals surface area contributed by atoms with Crippen LogP contribution in [0.5, 0.6) is 5.75 Å². The van der Waals surface area contributed by atoms with Crippen molar-refractivity contribution >= 4 is 21.1 Å². The summed E-state index contributed by atoms with van der Waals surface area (Å²) in [5.41, 5.74) is 1.44. The summed E-state index contributed by atoms with van der Waals surface area (Å²) in [5.74, 6) is 0.598. The van der Waals surface area contributed by atoms with Gasteiger partial charge in [-0.25, -0.2) is 18.1 Å². The molecule has 0 radical (unpaired) electrons. The second-order valence-electron chi connectivity index (χ2n) is 5.42. The zero-order valence-corrected chi connectivity index (χ0v) is 14.2. The molecule has 1 N–H and O–H groups in total. The smallest absolute Gasteiger partial charge is 0.244 e. The standard InChI is InChI=1S/C17H18N2O4S/c1-12(17-19-13-7-3-4-8-14(13)23-17)11-18-24(20,21)16-10-6-5-9-15(16)22-2/h3-10,12,18H,11H2,1-2H3/t12-/m0/s1.